The Hall–Kier alpha value is -0.520. The fourth-order valence-electron chi connectivity index (χ4n) is 3.34. The molecule has 11 heavy (non-hydrogen) atoms. The average Bonchev–Trinajstić information content (AvgIpc) is 2.54. The highest BCUT2D eigenvalue weighted by atomic mass is 14.6. The van der Waals surface area contributed by atoms with Crippen LogP contribution in [0.3, 0.4) is 0 Å². The summed E-state index contributed by atoms with van der Waals surface area (Å²) in [6, 6.07) is 0. The lowest BCUT2D eigenvalue weighted by molar-refractivity contribution is 0.225. The van der Waals surface area contributed by atoms with Crippen LogP contribution in [-0.4, -0.2) is 0 Å². The van der Waals surface area contributed by atoms with Crippen LogP contribution in [0.25, 0.3) is 0 Å². The Bertz CT molecular complexity index is 249. The molecule has 0 heteroatoms. The van der Waals surface area contributed by atoms with Crippen LogP contribution < -0.4 is 0 Å². The smallest absolute Gasteiger partial charge is 0.0108 e. The van der Waals surface area contributed by atoms with Gasteiger partial charge in [-0.05, 0) is 36.0 Å². The Balaban J connectivity index is 2.11. The first-order valence-electron chi connectivity index (χ1n) is 4.66. The molecule has 0 nitrogen and oxygen atoms in total. The predicted molar refractivity (Wildman–Crippen MR) is 46.1 cm³/mol. The maximum absolute atomic E-state index is 2.46. The third kappa shape index (κ3) is 0.535. The molecule has 3 aliphatic rings. The Morgan fingerprint density at radius 3 is 3.00 bits per heavy atom. The van der Waals surface area contributed by atoms with Crippen molar-refractivity contribution in [3.05, 3.63) is 24.3 Å². The zero-order chi connectivity index (χ0) is 7.47. The number of hydrogen-bond acceptors (Lipinski definition) is 0. The summed E-state index contributed by atoms with van der Waals surface area (Å²) in [7, 11) is 0. The monoisotopic (exact) mass is 146 g/mol. The number of hydrogen-bond donors (Lipinski definition) is 0. The van der Waals surface area contributed by atoms with Crippen molar-refractivity contribution in [2.24, 2.45) is 23.2 Å². The van der Waals surface area contributed by atoms with Gasteiger partial charge in [-0.25, -0.2) is 0 Å². The molecule has 0 heterocycles. The van der Waals surface area contributed by atoms with E-state index in [0.717, 1.165) is 17.8 Å². The second-order valence-corrected chi connectivity index (χ2v) is 4.55. The molecular formula is C11H14. The Morgan fingerprint density at radius 1 is 1.27 bits per heavy atom. The van der Waals surface area contributed by atoms with Gasteiger partial charge >= 0.3 is 0 Å². The molecule has 58 valence electrons. The van der Waals surface area contributed by atoms with Crippen molar-refractivity contribution in [2.75, 3.05) is 0 Å². The zero-order valence-corrected chi connectivity index (χ0v) is 6.96. The molecule has 0 aromatic heterocycles. The summed E-state index contributed by atoms with van der Waals surface area (Å²) >= 11 is 0. The standard InChI is InChI=1S/C11H14/c1-11-6-2-3-10(11)8-4-5-9(11)7-8/h2-5,8-10H,6-7H2,1H3. The second-order valence-electron chi connectivity index (χ2n) is 4.55. The van der Waals surface area contributed by atoms with E-state index in [-0.39, 0.29) is 0 Å². The van der Waals surface area contributed by atoms with Crippen LogP contribution in [0.2, 0.25) is 0 Å². The third-order valence-electron chi connectivity index (χ3n) is 4.09. The fourth-order valence-corrected chi connectivity index (χ4v) is 3.34. The fraction of sp³-hybridized carbons (Fsp3) is 0.636. The van der Waals surface area contributed by atoms with Gasteiger partial charge in [-0.3, -0.25) is 0 Å². The molecule has 1 fully saturated rings. The summed E-state index contributed by atoms with van der Waals surface area (Å²) < 4.78 is 0. The van der Waals surface area contributed by atoms with E-state index < -0.39 is 0 Å². The first-order valence-corrected chi connectivity index (χ1v) is 4.66. The van der Waals surface area contributed by atoms with Gasteiger partial charge in [-0.2, -0.15) is 0 Å². The van der Waals surface area contributed by atoms with E-state index >= 15 is 0 Å². The molecule has 0 spiro atoms. The molecule has 1 saturated carbocycles. The van der Waals surface area contributed by atoms with Gasteiger partial charge in [0.2, 0.25) is 0 Å². The van der Waals surface area contributed by atoms with E-state index in [1.165, 1.54) is 12.8 Å². The largest absolute Gasteiger partial charge is 0.0876 e. The zero-order valence-electron chi connectivity index (χ0n) is 6.96. The SMILES string of the molecule is CC12CC=CC1C1C=CC2C1. The molecule has 0 saturated heterocycles. The first-order chi connectivity index (χ1) is 5.31. The summed E-state index contributed by atoms with van der Waals surface area (Å²) in [6.07, 6.45) is 12.5. The van der Waals surface area contributed by atoms with Crippen molar-refractivity contribution in [1.29, 1.82) is 0 Å². The maximum atomic E-state index is 2.46. The molecule has 0 N–H and O–H groups in total. The highest BCUT2D eigenvalue weighted by Gasteiger charge is 2.52. The van der Waals surface area contributed by atoms with E-state index in [0.29, 0.717) is 5.41 Å². The van der Waals surface area contributed by atoms with E-state index in [1.54, 1.807) is 0 Å². The minimum atomic E-state index is 0.624. The van der Waals surface area contributed by atoms with Crippen molar-refractivity contribution in [1.82, 2.24) is 0 Å². The van der Waals surface area contributed by atoms with Crippen LogP contribution in [0.15, 0.2) is 24.3 Å². The molecule has 0 aromatic rings. The quantitative estimate of drug-likeness (QED) is 0.461. The molecule has 2 bridgehead atoms. The van der Waals surface area contributed by atoms with Gasteiger partial charge < -0.3 is 0 Å². The second kappa shape index (κ2) is 1.63. The molecule has 3 aliphatic carbocycles. The highest BCUT2D eigenvalue weighted by Crippen LogP contribution is 2.60. The Kier molecular flexibility index (Phi) is 0.894. The van der Waals surface area contributed by atoms with Crippen LogP contribution in [0.1, 0.15) is 19.8 Å². The molecule has 0 aromatic carbocycles. The van der Waals surface area contributed by atoms with Crippen molar-refractivity contribution >= 4 is 0 Å². The molecular weight excluding hydrogens is 132 g/mol. The van der Waals surface area contributed by atoms with Crippen LogP contribution in [0.5, 0.6) is 0 Å². The van der Waals surface area contributed by atoms with Crippen LogP contribution in [0, 0.1) is 23.2 Å². The predicted octanol–water partition coefficient (Wildman–Crippen LogP) is 2.77. The third-order valence-corrected chi connectivity index (χ3v) is 4.09. The lowest BCUT2D eigenvalue weighted by atomic mass is 9.72. The Morgan fingerprint density at radius 2 is 2.18 bits per heavy atom. The summed E-state index contributed by atoms with van der Waals surface area (Å²) in [6.45, 7) is 2.46. The molecule has 4 atom stereocenters. The van der Waals surface area contributed by atoms with Gasteiger partial charge in [0.15, 0.2) is 0 Å². The minimum absolute atomic E-state index is 0.624. The number of allylic oxidation sites excluding steroid dienone is 4. The van der Waals surface area contributed by atoms with Crippen molar-refractivity contribution in [2.45, 2.75) is 19.8 Å². The van der Waals surface area contributed by atoms with Crippen LogP contribution in [0.4, 0.5) is 0 Å². The molecule has 3 rings (SSSR count). The summed E-state index contributed by atoms with van der Waals surface area (Å²) in [5.74, 6) is 2.67. The highest BCUT2D eigenvalue weighted by molar-refractivity contribution is 5.26. The van der Waals surface area contributed by atoms with Gasteiger partial charge in [0, 0.05) is 0 Å². The number of fused-ring (bicyclic) bond motifs is 5. The van der Waals surface area contributed by atoms with Gasteiger partial charge in [0.25, 0.3) is 0 Å². The van der Waals surface area contributed by atoms with E-state index in [9.17, 15) is 0 Å². The Labute approximate surface area is 68.0 Å². The van der Waals surface area contributed by atoms with E-state index in [4.69, 9.17) is 0 Å². The van der Waals surface area contributed by atoms with Crippen molar-refractivity contribution in [3.8, 4) is 0 Å². The van der Waals surface area contributed by atoms with Gasteiger partial charge in [0.05, 0.1) is 0 Å². The molecule has 4 unspecified atom stereocenters. The van der Waals surface area contributed by atoms with Crippen molar-refractivity contribution < 1.29 is 0 Å². The normalized spacial score (nSPS) is 57.4. The van der Waals surface area contributed by atoms with Gasteiger partial charge in [-0.15, -0.1) is 0 Å². The summed E-state index contributed by atoms with van der Waals surface area (Å²) in [4.78, 5) is 0. The van der Waals surface area contributed by atoms with E-state index in [2.05, 4.69) is 31.2 Å². The topological polar surface area (TPSA) is 0 Å². The summed E-state index contributed by atoms with van der Waals surface area (Å²) in [5.41, 5.74) is 0.624. The molecule has 0 aliphatic heterocycles. The van der Waals surface area contributed by atoms with E-state index in [1.807, 2.05) is 0 Å². The average molecular weight is 146 g/mol. The first kappa shape index (κ1) is 6.05. The van der Waals surface area contributed by atoms with Crippen LogP contribution >= 0.6 is 0 Å². The summed E-state index contributed by atoms with van der Waals surface area (Å²) in [5, 5.41) is 0. The molecule has 0 radical (unpaired) electrons. The lowest BCUT2D eigenvalue weighted by Crippen LogP contribution is -2.26. The van der Waals surface area contributed by atoms with Crippen LogP contribution in [-0.2, 0) is 0 Å². The van der Waals surface area contributed by atoms with Gasteiger partial charge in [0.1, 0.15) is 0 Å². The minimum Gasteiger partial charge on any atom is -0.0876 e. The van der Waals surface area contributed by atoms with Gasteiger partial charge in [-0.1, -0.05) is 31.2 Å². The maximum Gasteiger partial charge on any atom is -0.0108 e. The lowest BCUT2D eigenvalue weighted by Gasteiger charge is -2.32. The van der Waals surface area contributed by atoms with Crippen molar-refractivity contribution in [3.63, 3.8) is 0 Å². The number of rotatable bonds is 0. The molecule has 0 amide bonds.